The van der Waals surface area contributed by atoms with Crippen molar-refractivity contribution in [1.82, 2.24) is 4.90 Å². The van der Waals surface area contributed by atoms with Gasteiger partial charge in [0.2, 0.25) is 5.91 Å². The summed E-state index contributed by atoms with van der Waals surface area (Å²) in [6, 6.07) is 8.61. The molecule has 7 nitrogen and oxygen atoms in total. The van der Waals surface area contributed by atoms with Gasteiger partial charge in [-0.15, -0.1) is 6.42 Å². The molecular formula is C23H18FIN2O5S. The van der Waals surface area contributed by atoms with Crippen LogP contribution in [0.25, 0.3) is 6.08 Å². The van der Waals surface area contributed by atoms with Crippen molar-refractivity contribution in [3.05, 3.63) is 56.3 Å². The van der Waals surface area contributed by atoms with Gasteiger partial charge in [0, 0.05) is 5.69 Å². The van der Waals surface area contributed by atoms with Crippen LogP contribution in [0.5, 0.6) is 11.5 Å². The number of carbonyl (C=O) groups excluding carboxylic acids is 3. The largest absolute Gasteiger partial charge is 0.490 e. The van der Waals surface area contributed by atoms with E-state index in [1.165, 1.54) is 24.3 Å². The molecule has 1 aliphatic heterocycles. The molecule has 2 aromatic rings. The van der Waals surface area contributed by atoms with Crippen LogP contribution in [-0.4, -0.2) is 41.7 Å². The Morgan fingerprint density at radius 3 is 2.67 bits per heavy atom. The lowest BCUT2D eigenvalue weighted by molar-refractivity contribution is -0.127. The molecule has 33 heavy (non-hydrogen) atoms. The fourth-order valence-electron chi connectivity index (χ4n) is 2.85. The van der Waals surface area contributed by atoms with Crippen LogP contribution in [-0.2, 0) is 9.59 Å². The standard InChI is InChI=1S/C23H18FIN2O5S/c1-3-9-32-21-17(25)10-14(11-18(21)31-4-2)12-19-22(29)27(23(30)33-19)13-20(28)26-16-7-5-15(24)6-8-16/h1,5-8,10-12H,4,9,13H2,2H3,(H,26,28)/b19-12-. The number of benzene rings is 2. The topological polar surface area (TPSA) is 84.9 Å². The number of nitrogens with zero attached hydrogens (tertiary/aromatic N) is 1. The van der Waals surface area contributed by atoms with E-state index in [9.17, 15) is 18.8 Å². The Balaban J connectivity index is 1.76. The predicted molar refractivity (Wildman–Crippen MR) is 132 cm³/mol. The highest BCUT2D eigenvalue weighted by Gasteiger charge is 2.36. The first-order valence-electron chi connectivity index (χ1n) is 9.65. The van der Waals surface area contributed by atoms with E-state index >= 15 is 0 Å². The SMILES string of the molecule is C#CCOc1c(I)cc(/C=C2\SC(=O)N(CC(=O)Nc3ccc(F)cc3)C2=O)cc1OCC. The minimum atomic E-state index is -0.583. The minimum Gasteiger partial charge on any atom is -0.490 e. The first-order chi connectivity index (χ1) is 15.8. The summed E-state index contributed by atoms with van der Waals surface area (Å²) in [5.41, 5.74) is 0.978. The van der Waals surface area contributed by atoms with E-state index in [1.807, 2.05) is 6.92 Å². The van der Waals surface area contributed by atoms with E-state index in [1.54, 1.807) is 18.2 Å². The molecule has 1 N–H and O–H groups in total. The molecule has 1 saturated heterocycles. The summed E-state index contributed by atoms with van der Waals surface area (Å²) in [5.74, 6) is 1.76. The molecule has 10 heteroatoms. The molecule has 0 bridgehead atoms. The second-order valence-corrected chi connectivity index (χ2v) is 8.73. The van der Waals surface area contributed by atoms with Gasteiger partial charge in [-0.05, 0) is 89.3 Å². The van der Waals surface area contributed by atoms with Crippen molar-refractivity contribution in [1.29, 1.82) is 0 Å². The summed E-state index contributed by atoms with van der Waals surface area (Å²) < 4.78 is 24.9. The molecule has 1 aliphatic rings. The van der Waals surface area contributed by atoms with Crippen molar-refractivity contribution in [3.8, 4) is 23.8 Å². The van der Waals surface area contributed by atoms with Crippen molar-refractivity contribution >= 4 is 63.2 Å². The predicted octanol–water partition coefficient (Wildman–Crippen LogP) is 4.52. The van der Waals surface area contributed by atoms with Gasteiger partial charge in [0.25, 0.3) is 11.1 Å². The van der Waals surface area contributed by atoms with Crippen molar-refractivity contribution in [2.24, 2.45) is 0 Å². The number of terminal acetylenes is 1. The van der Waals surface area contributed by atoms with Crippen LogP contribution < -0.4 is 14.8 Å². The number of thioether (sulfide) groups is 1. The van der Waals surface area contributed by atoms with Gasteiger partial charge < -0.3 is 14.8 Å². The summed E-state index contributed by atoms with van der Waals surface area (Å²) in [6.07, 6.45) is 6.82. The molecule has 3 rings (SSSR count). The third kappa shape index (κ3) is 6.27. The number of rotatable bonds is 8. The van der Waals surface area contributed by atoms with Gasteiger partial charge in [-0.2, -0.15) is 0 Å². The van der Waals surface area contributed by atoms with Crippen LogP contribution in [0.2, 0.25) is 0 Å². The Labute approximate surface area is 207 Å². The van der Waals surface area contributed by atoms with Crippen LogP contribution >= 0.6 is 34.4 Å². The highest BCUT2D eigenvalue weighted by atomic mass is 127. The molecule has 170 valence electrons. The summed E-state index contributed by atoms with van der Waals surface area (Å²) >= 11 is 2.81. The van der Waals surface area contributed by atoms with Crippen LogP contribution in [0.15, 0.2) is 41.3 Å². The summed E-state index contributed by atoms with van der Waals surface area (Å²) in [4.78, 5) is 38.4. The number of hydrogen-bond donors (Lipinski definition) is 1. The Morgan fingerprint density at radius 2 is 2.00 bits per heavy atom. The number of ether oxygens (including phenoxy) is 2. The molecule has 3 amide bonds. The maximum atomic E-state index is 13.0. The lowest BCUT2D eigenvalue weighted by Crippen LogP contribution is -2.36. The van der Waals surface area contributed by atoms with Gasteiger partial charge in [0.1, 0.15) is 19.0 Å². The van der Waals surface area contributed by atoms with Crippen LogP contribution in [0, 0.1) is 21.7 Å². The third-order valence-corrected chi connectivity index (χ3v) is 5.94. The molecule has 0 saturated carbocycles. The van der Waals surface area contributed by atoms with Gasteiger partial charge in [-0.1, -0.05) is 5.92 Å². The van der Waals surface area contributed by atoms with E-state index in [-0.39, 0.29) is 11.5 Å². The summed E-state index contributed by atoms with van der Waals surface area (Å²) in [5, 5.41) is 1.97. The summed E-state index contributed by atoms with van der Waals surface area (Å²) in [7, 11) is 0. The molecule has 1 fully saturated rings. The first-order valence-corrected chi connectivity index (χ1v) is 11.5. The number of imide groups is 1. The van der Waals surface area contributed by atoms with Crippen LogP contribution in [0.4, 0.5) is 14.9 Å². The van der Waals surface area contributed by atoms with Crippen LogP contribution in [0.3, 0.4) is 0 Å². The number of halogens is 2. The maximum Gasteiger partial charge on any atom is 0.294 e. The van der Waals surface area contributed by atoms with E-state index in [2.05, 4.69) is 33.8 Å². The highest BCUT2D eigenvalue weighted by Crippen LogP contribution is 2.37. The molecule has 0 aliphatic carbocycles. The van der Waals surface area contributed by atoms with Crippen molar-refractivity contribution < 1.29 is 28.2 Å². The monoisotopic (exact) mass is 580 g/mol. The van der Waals surface area contributed by atoms with Crippen molar-refractivity contribution in [2.75, 3.05) is 25.1 Å². The van der Waals surface area contributed by atoms with Crippen molar-refractivity contribution in [3.63, 3.8) is 0 Å². The molecule has 1 heterocycles. The number of carbonyl (C=O) groups is 3. The Hall–Kier alpha value is -3.04. The maximum absolute atomic E-state index is 13.0. The first kappa shape index (κ1) is 24.6. The minimum absolute atomic E-state index is 0.0777. The molecule has 0 atom stereocenters. The number of amides is 3. The second kappa shape index (κ2) is 11.2. The summed E-state index contributed by atoms with van der Waals surface area (Å²) in [6.45, 7) is 1.84. The van der Waals surface area contributed by atoms with E-state index in [4.69, 9.17) is 15.9 Å². The van der Waals surface area contributed by atoms with Gasteiger partial charge >= 0.3 is 0 Å². The zero-order chi connectivity index (χ0) is 24.0. The lowest BCUT2D eigenvalue weighted by Gasteiger charge is -2.13. The molecule has 0 unspecified atom stereocenters. The lowest BCUT2D eigenvalue weighted by atomic mass is 10.2. The molecule has 0 aromatic heterocycles. The third-order valence-electron chi connectivity index (χ3n) is 4.23. The highest BCUT2D eigenvalue weighted by molar-refractivity contribution is 14.1. The number of nitrogens with one attached hydrogen (secondary N) is 1. The Bertz CT molecular complexity index is 1160. The smallest absolute Gasteiger partial charge is 0.294 e. The van der Waals surface area contributed by atoms with E-state index in [0.717, 1.165) is 20.2 Å². The molecule has 0 spiro atoms. The molecule has 2 aromatic carbocycles. The normalized spacial score (nSPS) is 14.4. The van der Waals surface area contributed by atoms with E-state index in [0.29, 0.717) is 29.4 Å². The average Bonchev–Trinajstić information content (AvgIpc) is 3.02. The zero-order valence-corrected chi connectivity index (χ0v) is 20.4. The zero-order valence-electron chi connectivity index (χ0n) is 17.4. The number of hydrogen-bond acceptors (Lipinski definition) is 6. The quantitative estimate of drug-likeness (QED) is 0.281. The average molecular weight is 580 g/mol. The Kier molecular flexibility index (Phi) is 8.35. The fourth-order valence-corrected chi connectivity index (χ4v) is 4.47. The fraction of sp³-hybridized carbons (Fsp3) is 0.174. The Morgan fingerprint density at radius 1 is 1.27 bits per heavy atom. The van der Waals surface area contributed by atoms with E-state index < -0.39 is 29.4 Å². The molecule has 0 radical (unpaired) electrons. The number of anilines is 1. The van der Waals surface area contributed by atoms with Crippen molar-refractivity contribution in [2.45, 2.75) is 6.92 Å². The van der Waals surface area contributed by atoms with Gasteiger partial charge in [0.05, 0.1) is 15.1 Å². The van der Waals surface area contributed by atoms with Gasteiger partial charge in [0.15, 0.2) is 11.5 Å². The molecular weight excluding hydrogens is 562 g/mol. The second-order valence-electron chi connectivity index (χ2n) is 6.58. The van der Waals surface area contributed by atoms with Gasteiger partial charge in [-0.25, -0.2) is 4.39 Å². The van der Waals surface area contributed by atoms with Crippen LogP contribution in [0.1, 0.15) is 12.5 Å². The van der Waals surface area contributed by atoms with Gasteiger partial charge in [-0.3, -0.25) is 19.3 Å².